The average Bonchev–Trinajstić information content (AvgIpc) is 3.20. The van der Waals surface area contributed by atoms with Gasteiger partial charge in [0.2, 0.25) is 0 Å². The van der Waals surface area contributed by atoms with Gasteiger partial charge in [0.05, 0.1) is 17.4 Å². The van der Waals surface area contributed by atoms with E-state index >= 15 is 0 Å². The van der Waals surface area contributed by atoms with E-state index in [-0.39, 0.29) is 12.0 Å². The van der Waals surface area contributed by atoms with Gasteiger partial charge in [-0.1, -0.05) is 13.3 Å². The Kier molecular flexibility index (Phi) is 4.49. The van der Waals surface area contributed by atoms with Gasteiger partial charge in [-0.3, -0.25) is 0 Å². The topological polar surface area (TPSA) is 81.6 Å². The Bertz CT molecular complexity index is 679. The van der Waals surface area contributed by atoms with Crippen LogP contribution in [0.4, 0.5) is 0 Å². The molecule has 3 aliphatic heterocycles. The van der Waals surface area contributed by atoms with Crippen molar-refractivity contribution in [2.75, 3.05) is 12.3 Å². The number of rotatable bonds is 5. The number of fused-ring (bicyclic) bond motifs is 3. The number of nitrogens with zero attached hydrogens (tertiary/aromatic N) is 3. The Labute approximate surface area is 154 Å². The van der Waals surface area contributed by atoms with Crippen LogP contribution in [0.3, 0.4) is 0 Å². The molecule has 7 nitrogen and oxygen atoms in total. The second kappa shape index (κ2) is 6.51. The van der Waals surface area contributed by atoms with E-state index in [0.717, 1.165) is 35.7 Å². The number of hydrogen-bond donors (Lipinski definition) is 0. The molecule has 0 amide bonds. The molecule has 0 aromatic carbocycles. The minimum atomic E-state index is -1.21. The van der Waals surface area contributed by atoms with Crippen molar-refractivity contribution < 1.29 is 19.1 Å². The molecule has 4 rings (SSSR count). The number of piperidine rings is 1. The molecular formula is C16H21N3O4S2. The van der Waals surface area contributed by atoms with Gasteiger partial charge >= 0.3 is 17.8 Å². The highest BCUT2D eigenvalue weighted by Crippen LogP contribution is 2.51. The van der Waals surface area contributed by atoms with Crippen LogP contribution in [0.25, 0.3) is 0 Å². The number of ether oxygens (including phenoxy) is 2. The Morgan fingerprint density at radius 3 is 2.80 bits per heavy atom. The van der Waals surface area contributed by atoms with E-state index < -0.39 is 17.8 Å². The van der Waals surface area contributed by atoms with E-state index in [4.69, 9.17) is 9.47 Å². The minimum Gasteiger partial charge on any atom is -0.400 e. The van der Waals surface area contributed by atoms with Gasteiger partial charge in [-0.15, -0.1) is 11.8 Å². The van der Waals surface area contributed by atoms with Crippen molar-refractivity contribution in [2.45, 2.75) is 62.4 Å². The number of esters is 2. The highest BCUT2D eigenvalue weighted by Gasteiger charge is 2.62. The van der Waals surface area contributed by atoms with Gasteiger partial charge in [-0.2, -0.15) is 8.75 Å². The van der Waals surface area contributed by atoms with E-state index in [1.807, 2.05) is 4.90 Å². The molecule has 1 spiro atoms. The van der Waals surface area contributed by atoms with Gasteiger partial charge in [0.15, 0.2) is 0 Å². The fourth-order valence-electron chi connectivity index (χ4n) is 4.19. The van der Waals surface area contributed by atoms with Crippen molar-refractivity contribution in [3.8, 4) is 0 Å². The monoisotopic (exact) mass is 383 g/mol. The maximum absolute atomic E-state index is 11.6. The quantitative estimate of drug-likeness (QED) is 0.332. The van der Waals surface area contributed by atoms with Crippen LogP contribution in [0, 0.1) is 5.92 Å². The maximum Gasteiger partial charge on any atom is 0.421 e. The minimum absolute atomic E-state index is 0.160. The second-order valence-corrected chi connectivity index (χ2v) is 8.46. The van der Waals surface area contributed by atoms with Crippen LogP contribution in [0.1, 0.15) is 51.1 Å². The summed E-state index contributed by atoms with van der Waals surface area (Å²) in [4.78, 5) is 25.2. The second-order valence-electron chi connectivity index (χ2n) is 6.85. The van der Waals surface area contributed by atoms with Crippen LogP contribution < -0.4 is 0 Å². The normalized spacial score (nSPS) is 32.9. The highest BCUT2D eigenvalue weighted by molar-refractivity contribution is 7.99. The molecule has 3 saturated heterocycles. The standard InChI is InChI=1S/C16H21N3O4S2/c1-3-4-7-24-13-12(17-25-18-13)11-8-19-9(2)10(11)5-6-16(19)22-14(20)15(21)23-16/h9-11H,3-8H2,1-2H3. The third kappa shape index (κ3) is 2.76. The molecule has 0 saturated carbocycles. The molecule has 4 unspecified atom stereocenters. The summed E-state index contributed by atoms with van der Waals surface area (Å²) in [5, 5.41) is 1.03. The zero-order valence-electron chi connectivity index (χ0n) is 14.3. The number of carbonyl (C=O) groups excluding carboxylic acids is 2. The van der Waals surface area contributed by atoms with Gasteiger partial charge in [-0.25, -0.2) is 14.5 Å². The van der Waals surface area contributed by atoms with Crippen LogP contribution in [-0.4, -0.2) is 49.8 Å². The fourth-order valence-corrected chi connectivity index (χ4v) is 6.05. The fraction of sp³-hybridized carbons (Fsp3) is 0.750. The van der Waals surface area contributed by atoms with Gasteiger partial charge in [0.25, 0.3) is 0 Å². The molecule has 1 aromatic rings. The SMILES string of the molecule is CCCCSc1nsnc1C1CN2C(C)C1CCC21OC(=O)C(=O)O1. The first-order chi connectivity index (χ1) is 12.1. The number of thioether (sulfide) groups is 1. The Morgan fingerprint density at radius 2 is 2.08 bits per heavy atom. The van der Waals surface area contributed by atoms with E-state index in [9.17, 15) is 9.59 Å². The van der Waals surface area contributed by atoms with Crippen LogP contribution in [0.2, 0.25) is 0 Å². The Balaban J connectivity index is 1.56. The zero-order chi connectivity index (χ0) is 17.6. The summed E-state index contributed by atoms with van der Waals surface area (Å²) in [5.74, 6) is -1.31. The smallest absolute Gasteiger partial charge is 0.400 e. The largest absolute Gasteiger partial charge is 0.421 e. The van der Waals surface area contributed by atoms with Gasteiger partial charge in [0, 0.05) is 24.9 Å². The molecule has 2 bridgehead atoms. The lowest BCUT2D eigenvalue weighted by Gasteiger charge is -2.41. The number of unbranched alkanes of at least 4 members (excludes halogenated alkanes) is 1. The third-order valence-corrected chi connectivity index (χ3v) is 7.22. The van der Waals surface area contributed by atoms with E-state index in [1.54, 1.807) is 11.8 Å². The molecule has 25 heavy (non-hydrogen) atoms. The lowest BCUT2D eigenvalue weighted by molar-refractivity contribution is -0.267. The lowest BCUT2D eigenvalue weighted by Crippen LogP contribution is -2.55. The molecule has 3 aliphatic rings. The molecule has 3 fully saturated rings. The van der Waals surface area contributed by atoms with Gasteiger partial charge < -0.3 is 9.47 Å². The first-order valence-electron chi connectivity index (χ1n) is 8.74. The predicted octanol–water partition coefficient (Wildman–Crippen LogP) is 2.38. The summed E-state index contributed by atoms with van der Waals surface area (Å²) in [6, 6.07) is 0.160. The Morgan fingerprint density at radius 1 is 1.32 bits per heavy atom. The van der Waals surface area contributed by atoms with Crippen molar-refractivity contribution >= 4 is 35.4 Å². The first-order valence-corrected chi connectivity index (χ1v) is 10.5. The summed E-state index contributed by atoms with van der Waals surface area (Å²) >= 11 is 3.03. The zero-order valence-corrected chi connectivity index (χ0v) is 15.9. The number of carbonyl (C=O) groups is 2. The molecule has 0 radical (unpaired) electrons. The van der Waals surface area contributed by atoms with E-state index in [2.05, 4.69) is 22.6 Å². The van der Waals surface area contributed by atoms with Gasteiger partial charge in [-0.05, 0) is 31.4 Å². The molecule has 0 aliphatic carbocycles. The van der Waals surface area contributed by atoms with Crippen molar-refractivity contribution in [1.29, 1.82) is 0 Å². The van der Waals surface area contributed by atoms with Crippen molar-refractivity contribution in [3.63, 3.8) is 0 Å². The summed E-state index contributed by atoms with van der Waals surface area (Å²) in [7, 11) is 0. The summed E-state index contributed by atoms with van der Waals surface area (Å²) in [5.41, 5.74) is 1.05. The van der Waals surface area contributed by atoms with Crippen LogP contribution in [0.15, 0.2) is 5.03 Å². The van der Waals surface area contributed by atoms with Crippen LogP contribution in [-0.2, 0) is 19.1 Å². The number of hydrogen-bond acceptors (Lipinski definition) is 9. The Hall–Kier alpha value is -1.19. The summed E-state index contributed by atoms with van der Waals surface area (Å²) < 4.78 is 19.8. The maximum atomic E-state index is 11.6. The lowest BCUT2D eigenvalue weighted by atomic mass is 9.83. The molecule has 4 heterocycles. The number of aromatic nitrogens is 2. The molecule has 0 N–H and O–H groups in total. The summed E-state index contributed by atoms with van der Waals surface area (Å²) in [6.45, 7) is 4.95. The summed E-state index contributed by atoms with van der Waals surface area (Å²) in [6.07, 6.45) is 3.68. The first kappa shape index (κ1) is 17.2. The van der Waals surface area contributed by atoms with Crippen LogP contribution in [0.5, 0.6) is 0 Å². The predicted molar refractivity (Wildman–Crippen MR) is 92.1 cm³/mol. The molecule has 4 atom stereocenters. The molecule has 9 heteroatoms. The molecule has 1 aromatic heterocycles. The van der Waals surface area contributed by atoms with Crippen molar-refractivity contribution in [2.24, 2.45) is 5.92 Å². The van der Waals surface area contributed by atoms with Crippen molar-refractivity contribution in [3.05, 3.63) is 5.69 Å². The molecular weight excluding hydrogens is 362 g/mol. The molecule has 136 valence electrons. The highest BCUT2D eigenvalue weighted by atomic mass is 32.2. The van der Waals surface area contributed by atoms with Crippen LogP contribution >= 0.6 is 23.5 Å². The van der Waals surface area contributed by atoms with Gasteiger partial charge in [0.1, 0.15) is 5.03 Å². The van der Waals surface area contributed by atoms with Crippen molar-refractivity contribution in [1.82, 2.24) is 13.6 Å². The third-order valence-electron chi connectivity index (χ3n) is 5.49. The van der Waals surface area contributed by atoms with E-state index in [1.165, 1.54) is 11.7 Å². The average molecular weight is 383 g/mol. The van der Waals surface area contributed by atoms with E-state index in [0.29, 0.717) is 18.9 Å².